The van der Waals surface area contributed by atoms with Gasteiger partial charge in [0.25, 0.3) is 5.69 Å². The summed E-state index contributed by atoms with van der Waals surface area (Å²) in [6, 6.07) is 9.36. The second-order valence-corrected chi connectivity index (χ2v) is 10.3. The van der Waals surface area contributed by atoms with Crippen LogP contribution in [0.4, 0.5) is 34.6 Å². The van der Waals surface area contributed by atoms with E-state index in [0.29, 0.717) is 12.5 Å². The number of hydrogen-bond donors (Lipinski definition) is 1. The minimum atomic E-state index is -4.81. The summed E-state index contributed by atoms with van der Waals surface area (Å²) in [6.45, 7) is 2.12. The van der Waals surface area contributed by atoms with Gasteiger partial charge in [0.2, 0.25) is 5.91 Å². The molecule has 2 aromatic rings. The Bertz CT molecular complexity index is 1130. The van der Waals surface area contributed by atoms with Crippen LogP contribution in [-0.2, 0) is 11.0 Å². The smallest absolute Gasteiger partial charge is 0.382 e. The number of nitro groups is 1. The Kier molecular flexibility index (Phi) is 8.42. The Morgan fingerprint density at radius 3 is 2.26 bits per heavy atom. The number of benzene rings is 2. The molecule has 11 heteroatoms. The number of carbonyl (C=O) groups excluding carboxylic acids is 1. The van der Waals surface area contributed by atoms with Crippen molar-refractivity contribution in [2.75, 3.05) is 36.9 Å². The Hall–Kier alpha value is -3.37. The van der Waals surface area contributed by atoms with Crippen LogP contribution in [0.5, 0.6) is 0 Å². The Morgan fingerprint density at radius 2 is 1.68 bits per heavy atom. The quantitative estimate of drug-likeness (QED) is 0.263. The van der Waals surface area contributed by atoms with Gasteiger partial charge in [-0.3, -0.25) is 14.9 Å². The minimum absolute atomic E-state index is 0.0365. The Balaban J connectivity index is 1.23. The summed E-state index contributed by atoms with van der Waals surface area (Å²) in [6.07, 6.45) is -0.192. The third-order valence-corrected chi connectivity index (χ3v) is 7.66. The van der Waals surface area contributed by atoms with Crippen LogP contribution in [0.25, 0.3) is 0 Å². The zero-order chi connectivity index (χ0) is 27.4. The highest BCUT2D eigenvalue weighted by molar-refractivity contribution is 5.79. The number of nitrogens with one attached hydrogen (secondary N) is 1. The summed E-state index contributed by atoms with van der Waals surface area (Å²) in [5.74, 6) is 0.130. The van der Waals surface area contributed by atoms with Gasteiger partial charge in [0.05, 0.1) is 4.92 Å². The first-order valence-electron chi connectivity index (χ1n) is 12.9. The maximum atomic E-state index is 13.3. The van der Waals surface area contributed by atoms with Crippen molar-refractivity contribution in [3.8, 4) is 0 Å². The summed E-state index contributed by atoms with van der Waals surface area (Å²) < 4.78 is 53.0. The van der Waals surface area contributed by atoms with Gasteiger partial charge < -0.3 is 15.1 Å². The largest absolute Gasteiger partial charge is 0.423 e. The maximum absolute atomic E-state index is 13.3. The molecule has 0 unspecified atom stereocenters. The van der Waals surface area contributed by atoms with Gasteiger partial charge in [0.1, 0.15) is 11.4 Å². The normalized spacial score (nSPS) is 20.7. The lowest BCUT2D eigenvalue weighted by atomic mass is 9.85. The van der Waals surface area contributed by atoms with Crippen LogP contribution < -0.4 is 10.2 Å². The van der Waals surface area contributed by atoms with Crippen LogP contribution in [0, 0.1) is 27.8 Å². The highest BCUT2D eigenvalue weighted by atomic mass is 19.4. The van der Waals surface area contributed by atoms with E-state index in [-0.39, 0.29) is 29.4 Å². The molecule has 7 nitrogen and oxygen atoms in total. The number of hydrogen-bond acceptors (Lipinski definition) is 5. The van der Waals surface area contributed by atoms with E-state index in [1.165, 1.54) is 18.2 Å². The summed E-state index contributed by atoms with van der Waals surface area (Å²) in [5, 5.41) is 14.1. The van der Waals surface area contributed by atoms with Gasteiger partial charge in [-0.05, 0) is 80.8 Å². The third-order valence-electron chi connectivity index (χ3n) is 7.66. The molecule has 1 N–H and O–H groups in total. The van der Waals surface area contributed by atoms with Crippen LogP contribution >= 0.6 is 0 Å². The van der Waals surface area contributed by atoms with Crippen molar-refractivity contribution < 1.29 is 27.3 Å². The molecule has 1 saturated carbocycles. The summed E-state index contributed by atoms with van der Waals surface area (Å²) >= 11 is 0. The van der Waals surface area contributed by atoms with E-state index >= 15 is 0 Å². The van der Waals surface area contributed by atoms with Gasteiger partial charge in [-0.25, -0.2) is 4.39 Å². The molecule has 1 amide bonds. The molecule has 0 radical (unpaired) electrons. The number of alkyl halides is 3. The molecule has 38 heavy (non-hydrogen) atoms. The van der Waals surface area contributed by atoms with Gasteiger partial charge in [0, 0.05) is 56.1 Å². The molecule has 2 fully saturated rings. The molecule has 1 heterocycles. The molecule has 1 aliphatic heterocycles. The molecule has 4 rings (SSSR count). The average molecular weight is 537 g/mol. The standard InChI is InChI=1S/C27H32F4N4O3/c1-33(26(36)19-12-14-34(15-13-19)23-9-4-20(28)5-10-23)17-18-2-6-21(7-3-18)32-22-8-11-25(35(37)38)24(16-22)27(29,30)31/h4-5,8-11,16,18-19,21,32H,2-3,6-7,12-15,17H2,1H3/t18-,21-. The minimum Gasteiger partial charge on any atom is -0.382 e. The number of rotatable bonds is 7. The van der Waals surface area contributed by atoms with Crippen LogP contribution in [-0.4, -0.2) is 48.5 Å². The van der Waals surface area contributed by atoms with Crippen molar-refractivity contribution in [1.29, 1.82) is 0 Å². The van der Waals surface area contributed by atoms with Gasteiger partial charge >= 0.3 is 6.18 Å². The molecule has 1 aliphatic carbocycles. The van der Waals surface area contributed by atoms with Crippen LogP contribution in [0.15, 0.2) is 42.5 Å². The van der Waals surface area contributed by atoms with E-state index < -0.39 is 22.4 Å². The first-order chi connectivity index (χ1) is 18.0. The monoisotopic (exact) mass is 536 g/mol. The summed E-state index contributed by atoms with van der Waals surface area (Å²) in [4.78, 5) is 27.0. The Labute approximate surface area is 218 Å². The predicted octanol–water partition coefficient (Wildman–Crippen LogP) is 6.10. The fourth-order valence-corrected chi connectivity index (χ4v) is 5.56. The van der Waals surface area contributed by atoms with Crippen molar-refractivity contribution in [3.05, 3.63) is 64.0 Å². The fourth-order valence-electron chi connectivity index (χ4n) is 5.56. The second-order valence-electron chi connectivity index (χ2n) is 10.3. The summed E-state index contributed by atoms with van der Waals surface area (Å²) in [5.41, 5.74) is -1.05. The second kappa shape index (κ2) is 11.6. The van der Waals surface area contributed by atoms with E-state index in [9.17, 15) is 32.5 Å². The molecular weight excluding hydrogens is 504 g/mol. The van der Waals surface area contributed by atoms with Crippen molar-refractivity contribution in [2.24, 2.45) is 11.8 Å². The van der Waals surface area contributed by atoms with E-state index in [0.717, 1.165) is 69.4 Å². The first-order valence-corrected chi connectivity index (χ1v) is 12.9. The van der Waals surface area contributed by atoms with E-state index in [1.54, 1.807) is 12.1 Å². The molecule has 0 bridgehead atoms. The number of amides is 1. The Morgan fingerprint density at radius 1 is 1.05 bits per heavy atom. The van der Waals surface area contributed by atoms with Gasteiger partial charge in [-0.2, -0.15) is 13.2 Å². The molecule has 1 saturated heterocycles. The number of halogens is 4. The SMILES string of the molecule is CN(C[C@H]1CC[C@H](Nc2ccc([N+](=O)[O-])c(C(F)(F)F)c2)CC1)C(=O)C1CCN(c2ccc(F)cc2)CC1. The maximum Gasteiger partial charge on any atom is 0.423 e. The zero-order valence-corrected chi connectivity index (χ0v) is 21.2. The highest BCUT2D eigenvalue weighted by Crippen LogP contribution is 2.38. The number of anilines is 2. The highest BCUT2D eigenvalue weighted by Gasteiger charge is 2.38. The van der Waals surface area contributed by atoms with Gasteiger partial charge in [-0.15, -0.1) is 0 Å². The molecule has 2 aliphatic rings. The predicted molar refractivity (Wildman–Crippen MR) is 136 cm³/mol. The molecular formula is C27H32F4N4O3. The fraction of sp³-hybridized carbons (Fsp3) is 0.519. The van der Waals surface area contributed by atoms with Crippen molar-refractivity contribution in [3.63, 3.8) is 0 Å². The van der Waals surface area contributed by atoms with E-state index in [1.807, 2.05) is 11.9 Å². The molecule has 206 valence electrons. The van der Waals surface area contributed by atoms with Gasteiger partial charge in [0.15, 0.2) is 0 Å². The molecule has 0 aromatic heterocycles. The lowest BCUT2D eigenvalue weighted by Gasteiger charge is -2.36. The third kappa shape index (κ3) is 6.73. The van der Waals surface area contributed by atoms with Crippen LogP contribution in [0.3, 0.4) is 0 Å². The van der Waals surface area contributed by atoms with Crippen LogP contribution in [0.2, 0.25) is 0 Å². The van der Waals surface area contributed by atoms with Crippen molar-refractivity contribution in [1.82, 2.24) is 4.90 Å². The summed E-state index contributed by atoms with van der Waals surface area (Å²) in [7, 11) is 1.83. The average Bonchev–Trinajstić information content (AvgIpc) is 2.89. The van der Waals surface area contributed by atoms with Crippen molar-refractivity contribution in [2.45, 2.75) is 50.7 Å². The number of carbonyl (C=O) groups is 1. The number of nitrogens with zero attached hydrogens (tertiary/aromatic N) is 3. The molecule has 0 atom stereocenters. The van der Waals surface area contributed by atoms with E-state index in [4.69, 9.17) is 0 Å². The zero-order valence-electron chi connectivity index (χ0n) is 21.2. The number of piperidine rings is 1. The van der Waals surface area contributed by atoms with E-state index in [2.05, 4.69) is 10.2 Å². The van der Waals surface area contributed by atoms with Gasteiger partial charge in [-0.1, -0.05) is 0 Å². The van der Waals surface area contributed by atoms with Crippen molar-refractivity contribution >= 4 is 23.0 Å². The molecule has 0 spiro atoms. The lowest BCUT2D eigenvalue weighted by molar-refractivity contribution is -0.388. The lowest BCUT2D eigenvalue weighted by Crippen LogP contribution is -2.43. The first kappa shape index (κ1) is 27.7. The van der Waals surface area contributed by atoms with Crippen LogP contribution in [0.1, 0.15) is 44.1 Å². The topological polar surface area (TPSA) is 78.7 Å². The molecule has 2 aromatic carbocycles. The number of nitro benzene ring substituents is 1.